The third-order valence-electron chi connectivity index (χ3n) is 6.12. The summed E-state index contributed by atoms with van der Waals surface area (Å²) in [7, 11) is 0. The quantitative estimate of drug-likeness (QED) is 0.448. The van der Waals surface area contributed by atoms with Crippen molar-refractivity contribution in [3.05, 3.63) is 65.6 Å². The molecule has 0 spiro atoms. The topological polar surface area (TPSA) is 133 Å². The number of fused-ring (bicyclic) bond motifs is 1. The molecule has 0 saturated carbocycles. The fourth-order valence-corrected chi connectivity index (χ4v) is 3.94. The molecule has 11 heteroatoms. The average Bonchev–Trinajstić information content (AvgIpc) is 3.34. The van der Waals surface area contributed by atoms with Crippen LogP contribution in [0.2, 0.25) is 0 Å². The number of nitrogens with zero attached hydrogens (tertiary/aromatic N) is 4. The highest BCUT2D eigenvalue weighted by atomic mass is 16.6. The molecule has 1 aliphatic rings. The molecular formula is C26H34N6O5. The number of aromatic nitrogens is 3. The average molecular weight is 511 g/mol. The Morgan fingerprint density at radius 2 is 1.81 bits per heavy atom. The molecule has 0 unspecified atom stereocenters. The molecule has 3 heterocycles. The van der Waals surface area contributed by atoms with Crippen LogP contribution in [0.25, 0.3) is 5.65 Å². The predicted octanol–water partition coefficient (Wildman–Crippen LogP) is 2.20. The van der Waals surface area contributed by atoms with Gasteiger partial charge in [-0.25, -0.2) is 4.79 Å². The van der Waals surface area contributed by atoms with Crippen molar-refractivity contribution in [1.82, 2.24) is 24.8 Å². The number of nitrogens with one attached hydrogen (secondary N) is 1. The van der Waals surface area contributed by atoms with Crippen molar-refractivity contribution in [2.75, 3.05) is 26.3 Å². The van der Waals surface area contributed by atoms with E-state index < -0.39 is 23.8 Å². The summed E-state index contributed by atoms with van der Waals surface area (Å²) in [6.45, 7) is 7.42. The lowest BCUT2D eigenvalue weighted by Gasteiger charge is -2.28. The van der Waals surface area contributed by atoms with Crippen molar-refractivity contribution in [2.45, 2.75) is 51.7 Å². The van der Waals surface area contributed by atoms with Gasteiger partial charge in [0.1, 0.15) is 12.6 Å². The minimum Gasteiger partial charge on any atom is -0.443 e. The molecule has 2 amide bonds. The van der Waals surface area contributed by atoms with Gasteiger partial charge in [-0.15, -0.1) is 10.2 Å². The summed E-state index contributed by atoms with van der Waals surface area (Å²) in [5.41, 5.74) is 7.16. The highest BCUT2D eigenvalue weighted by Crippen LogP contribution is 2.23. The standard InChI is InChI=1S/C26H34N6O5/c1-18(36-16-19-8-5-4-6-9-19)22(28-24(33)26(2,3)27)23-30-29-21-11-7-10-20(32(21)23)17-37-25(34)31-12-14-35-15-13-31/h4-11,18,22H,12-17,27H2,1-3H3,(H,28,33)/t18-,22-/m1/s1. The number of morpholine rings is 1. The molecule has 2 aromatic heterocycles. The summed E-state index contributed by atoms with van der Waals surface area (Å²) in [4.78, 5) is 27.1. The second-order valence-electron chi connectivity index (χ2n) is 9.60. The number of benzene rings is 1. The first-order valence-corrected chi connectivity index (χ1v) is 12.3. The summed E-state index contributed by atoms with van der Waals surface area (Å²) in [5.74, 6) is 0.0896. The van der Waals surface area contributed by atoms with Crippen molar-refractivity contribution < 1.29 is 23.8 Å². The maximum Gasteiger partial charge on any atom is 0.410 e. The van der Waals surface area contributed by atoms with Gasteiger partial charge in [-0.05, 0) is 38.5 Å². The molecule has 1 aromatic carbocycles. The Balaban J connectivity index is 1.60. The molecule has 4 rings (SSSR count). The molecule has 37 heavy (non-hydrogen) atoms. The highest BCUT2D eigenvalue weighted by molar-refractivity contribution is 5.85. The molecule has 0 bridgehead atoms. The number of ether oxygens (including phenoxy) is 3. The van der Waals surface area contributed by atoms with Crippen molar-refractivity contribution >= 4 is 17.6 Å². The molecule has 11 nitrogen and oxygen atoms in total. The number of amides is 2. The van der Waals surface area contributed by atoms with E-state index in [-0.39, 0.29) is 12.5 Å². The third-order valence-corrected chi connectivity index (χ3v) is 6.12. The zero-order chi connectivity index (χ0) is 26.4. The van der Waals surface area contributed by atoms with E-state index in [9.17, 15) is 9.59 Å². The predicted molar refractivity (Wildman–Crippen MR) is 135 cm³/mol. The number of carbonyl (C=O) groups is 2. The Kier molecular flexibility index (Phi) is 8.37. The number of hydrogen-bond donors (Lipinski definition) is 2. The smallest absolute Gasteiger partial charge is 0.410 e. The highest BCUT2D eigenvalue weighted by Gasteiger charge is 2.32. The fraction of sp³-hybridized carbons (Fsp3) is 0.462. The third kappa shape index (κ3) is 6.62. The van der Waals surface area contributed by atoms with Crippen LogP contribution in [0.1, 0.15) is 43.9 Å². The van der Waals surface area contributed by atoms with Gasteiger partial charge in [-0.3, -0.25) is 9.20 Å². The maximum absolute atomic E-state index is 12.9. The van der Waals surface area contributed by atoms with Crippen LogP contribution in [0.4, 0.5) is 4.79 Å². The summed E-state index contributed by atoms with van der Waals surface area (Å²) < 4.78 is 18.8. The molecule has 1 saturated heterocycles. The minimum atomic E-state index is -1.12. The molecule has 1 aliphatic heterocycles. The van der Waals surface area contributed by atoms with Crippen LogP contribution in [0, 0.1) is 0 Å². The zero-order valence-electron chi connectivity index (χ0n) is 21.4. The van der Waals surface area contributed by atoms with Gasteiger partial charge < -0.3 is 30.2 Å². The molecular weight excluding hydrogens is 476 g/mol. The van der Waals surface area contributed by atoms with Gasteiger partial charge in [0.25, 0.3) is 0 Å². The lowest BCUT2D eigenvalue weighted by atomic mass is 10.0. The zero-order valence-corrected chi connectivity index (χ0v) is 21.4. The Morgan fingerprint density at radius 3 is 2.51 bits per heavy atom. The number of carbonyl (C=O) groups excluding carboxylic acids is 2. The van der Waals surface area contributed by atoms with E-state index in [4.69, 9.17) is 19.9 Å². The Bertz CT molecular complexity index is 1200. The lowest BCUT2D eigenvalue weighted by molar-refractivity contribution is -0.127. The van der Waals surface area contributed by atoms with Gasteiger partial charge in [-0.1, -0.05) is 36.4 Å². The fourth-order valence-electron chi connectivity index (χ4n) is 3.94. The first-order chi connectivity index (χ1) is 17.7. The number of pyridine rings is 1. The molecule has 0 aliphatic carbocycles. The van der Waals surface area contributed by atoms with Gasteiger partial charge in [0, 0.05) is 13.1 Å². The molecule has 3 aromatic rings. The van der Waals surface area contributed by atoms with E-state index in [1.165, 1.54) is 0 Å². The van der Waals surface area contributed by atoms with Crippen LogP contribution in [-0.2, 0) is 32.2 Å². The van der Waals surface area contributed by atoms with E-state index in [0.29, 0.717) is 50.1 Å². The van der Waals surface area contributed by atoms with Gasteiger partial charge in [0.05, 0.1) is 37.2 Å². The van der Waals surface area contributed by atoms with Gasteiger partial charge >= 0.3 is 6.09 Å². The molecule has 198 valence electrons. The summed E-state index contributed by atoms with van der Waals surface area (Å²) in [5, 5.41) is 11.7. The molecule has 2 atom stereocenters. The van der Waals surface area contributed by atoms with Gasteiger partial charge in [0.15, 0.2) is 11.5 Å². The number of hydrogen-bond acceptors (Lipinski definition) is 8. The first-order valence-electron chi connectivity index (χ1n) is 12.3. The van der Waals surface area contributed by atoms with Crippen LogP contribution in [0.15, 0.2) is 48.5 Å². The minimum absolute atomic E-state index is 0.000865. The second kappa shape index (κ2) is 11.7. The number of nitrogens with two attached hydrogens (primary N) is 1. The van der Waals surface area contributed by atoms with E-state index in [0.717, 1.165) is 5.56 Å². The maximum atomic E-state index is 12.9. The van der Waals surface area contributed by atoms with Crippen LogP contribution in [0.5, 0.6) is 0 Å². The Morgan fingerprint density at radius 1 is 1.08 bits per heavy atom. The van der Waals surface area contributed by atoms with E-state index >= 15 is 0 Å². The SMILES string of the molecule is C[C@@H](OCc1ccccc1)[C@@H](NC(=O)C(C)(C)N)c1nnc2cccc(COC(=O)N3CCOCC3)n12. The van der Waals surface area contributed by atoms with E-state index in [2.05, 4.69) is 15.5 Å². The molecule has 0 radical (unpaired) electrons. The summed E-state index contributed by atoms with van der Waals surface area (Å²) in [6.07, 6.45) is -0.896. The number of rotatable bonds is 9. The first kappa shape index (κ1) is 26.5. The molecule has 3 N–H and O–H groups in total. The van der Waals surface area contributed by atoms with Crippen molar-refractivity contribution in [1.29, 1.82) is 0 Å². The van der Waals surface area contributed by atoms with Crippen molar-refractivity contribution in [3.8, 4) is 0 Å². The Labute approximate surface area is 215 Å². The van der Waals surface area contributed by atoms with E-state index in [1.54, 1.807) is 29.2 Å². The lowest BCUT2D eigenvalue weighted by Crippen LogP contribution is -2.52. The van der Waals surface area contributed by atoms with Crippen molar-refractivity contribution in [2.24, 2.45) is 5.73 Å². The summed E-state index contributed by atoms with van der Waals surface area (Å²) >= 11 is 0. The normalized spacial score (nSPS) is 15.8. The van der Waals surface area contributed by atoms with Crippen LogP contribution in [-0.4, -0.2) is 69.4 Å². The monoisotopic (exact) mass is 510 g/mol. The van der Waals surface area contributed by atoms with Gasteiger partial charge in [0.2, 0.25) is 5.91 Å². The van der Waals surface area contributed by atoms with E-state index in [1.807, 2.05) is 49.4 Å². The van der Waals surface area contributed by atoms with Gasteiger partial charge in [-0.2, -0.15) is 0 Å². The summed E-state index contributed by atoms with van der Waals surface area (Å²) in [6, 6.07) is 14.5. The Hall–Kier alpha value is -3.54. The van der Waals surface area contributed by atoms with Crippen LogP contribution < -0.4 is 11.1 Å². The van der Waals surface area contributed by atoms with Crippen molar-refractivity contribution in [3.63, 3.8) is 0 Å². The van der Waals surface area contributed by atoms with Crippen LogP contribution >= 0.6 is 0 Å². The molecule has 1 fully saturated rings. The largest absolute Gasteiger partial charge is 0.443 e. The second-order valence-corrected chi connectivity index (χ2v) is 9.60. The van der Waals surface area contributed by atoms with Crippen LogP contribution in [0.3, 0.4) is 0 Å².